The third kappa shape index (κ3) is 5.44. The van der Waals surface area contributed by atoms with Gasteiger partial charge in [-0.05, 0) is 31.4 Å². The van der Waals surface area contributed by atoms with E-state index >= 15 is 0 Å². The average molecular weight is 523 g/mol. The van der Waals surface area contributed by atoms with Crippen molar-refractivity contribution in [2.75, 3.05) is 46.4 Å². The van der Waals surface area contributed by atoms with Crippen molar-refractivity contribution in [3.8, 4) is 0 Å². The normalized spacial score (nSPS) is 21.9. The van der Waals surface area contributed by atoms with E-state index < -0.39 is 12.0 Å². The molecule has 190 valence electrons. The van der Waals surface area contributed by atoms with E-state index in [0.717, 1.165) is 25.7 Å². The number of nitrogens with one attached hydrogen (secondary N) is 1. The van der Waals surface area contributed by atoms with E-state index in [1.165, 1.54) is 4.90 Å². The van der Waals surface area contributed by atoms with Crippen molar-refractivity contribution in [1.82, 2.24) is 20.0 Å². The van der Waals surface area contributed by atoms with Crippen molar-refractivity contribution in [1.29, 1.82) is 0 Å². The first-order valence-electron chi connectivity index (χ1n) is 12.2. The first-order valence-corrected chi connectivity index (χ1v) is 13.0. The van der Waals surface area contributed by atoms with Crippen LogP contribution in [-0.2, 0) is 14.3 Å². The Hall–Kier alpha value is -2.29. The molecule has 3 amide bonds. The van der Waals surface area contributed by atoms with E-state index in [9.17, 15) is 14.4 Å². The fourth-order valence-electron chi connectivity index (χ4n) is 5.14. The van der Waals surface area contributed by atoms with Crippen LogP contribution in [-0.4, -0.2) is 79.0 Å². The van der Waals surface area contributed by atoms with Crippen molar-refractivity contribution < 1.29 is 19.1 Å². The zero-order valence-electron chi connectivity index (χ0n) is 20.2. The summed E-state index contributed by atoms with van der Waals surface area (Å²) in [4.78, 5) is 44.5. The Bertz CT molecular complexity index is 1020. The van der Waals surface area contributed by atoms with Gasteiger partial charge in [0.2, 0.25) is 5.91 Å². The summed E-state index contributed by atoms with van der Waals surface area (Å²) in [5.74, 6) is -0.0834. The molecular weight excluding hydrogens is 491 g/mol. The number of nitrogens with zero attached hydrogens (tertiary/aromatic N) is 3. The summed E-state index contributed by atoms with van der Waals surface area (Å²) in [6.45, 7) is 4.91. The molecule has 3 aliphatic rings. The molecule has 35 heavy (non-hydrogen) atoms. The molecule has 0 bridgehead atoms. The number of hydrogen-bond acceptors (Lipinski definition) is 5. The minimum atomic E-state index is -0.788. The first kappa shape index (κ1) is 25.8. The molecule has 1 aliphatic carbocycles. The van der Waals surface area contributed by atoms with Gasteiger partial charge in [0.25, 0.3) is 0 Å². The number of piperazine rings is 1. The van der Waals surface area contributed by atoms with Crippen molar-refractivity contribution in [3.63, 3.8) is 0 Å². The van der Waals surface area contributed by atoms with Crippen molar-refractivity contribution in [2.45, 2.75) is 38.6 Å². The highest BCUT2D eigenvalue weighted by molar-refractivity contribution is 6.42. The molecule has 1 saturated heterocycles. The highest BCUT2D eigenvalue weighted by Gasteiger charge is 2.39. The third-order valence-electron chi connectivity index (χ3n) is 7.13. The molecule has 1 aromatic carbocycles. The van der Waals surface area contributed by atoms with Crippen LogP contribution < -0.4 is 5.32 Å². The molecule has 4 rings (SSSR count). The molecule has 10 heteroatoms. The molecule has 0 spiro atoms. The largest absolute Gasteiger partial charge is 0.463 e. The summed E-state index contributed by atoms with van der Waals surface area (Å²) in [5, 5.41) is 3.49. The van der Waals surface area contributed by atoms with Crippen molar-refractivity contribution in [2.24, 2.45) is 5.92 Å². The molecule has 2 heterocycles. The monoisotopic (exact) mass is 522 g/mol. The Morgan fingerprint density at radius 2 is 1.80 bits per heavy atom. The van der Waals surface area contributed by atoms with E-state index in [-0.39, 0.29) is 29.5 Å². The Morgan fingerprint density at radius 3 is 2.46 bits per heavy atom. The number of benzene rings is 1. The molecule has 1 N–H and O–H groups in total. The van der Waals surface area contributed by atoms with E-state index in [4.69, 9.17) is 27.9 Å². The maximum atomic E-state index is 13.2. The van der Waals surface area contributed by atoms with E-state index in [0.29, 0.717) is 54.6 Å². The second-order valence-electron chi connectivity index (χ2n) is 9.25. The SMILES string of the molecule is CCOC(=O)C1=C(CN2CCN(C(=O)C3CCCC3)CC2)N(C)C(=O)NC1c1cccc(Cl)c1Cl. The lowest BCUT2D eigenvalue weighted by Crippen LogP contribution is -2.53. The number of amides is 3. The Balaban J connectivity index is 1.59. The Kier molecular flexibility index (Phi) is 8.24. The fraction of sp³-hybridized carbons (Fsp3) is 0.560. The summed E-state index contributed by atoms with van der Waals surface area (Å²) < 4.78 is 5.39. The van der Waals surface area contributed by atoms with Crippen LogP contribution in [0.25, 0.3) is 0 Å². The fourth-order valence-corrected chi connectivity index (χ4v) is 5.56. The van der Waals surface area contributed by atoms with Crippen molar-refractivity contribution in [3.05, 3.63) is 45.1 Å². The van der Waals surface area contributed by atoms with Crippen LogP contribution >= 0.6 is 23.2 Å². The second-order valence-corrected chi connectivity index (χ2v) is 10.0. The molecule has 2 aliphatic heterocycles. The van der Waals surface area contributed by atoms with Crippen LogP contribution in [0.3, 0.4) is 0 Å². The van der Waals surface area contributed by atoms with Gasteiger partial charge >= 0.3 is 12.0 Å². The van der Waals surface area contributed by atoms with Gasteiger partial charge in [0, 0.05) is 51.4 Å². The lowest BCUT2D eigenvalue weighted by molar-refractivity contribution is -0.139. The van der Waals surface area contributed by atoms with Gasteiger partial charge in [0.15, 0.2) is 0 Å². The van der Waals surface area contributed by atoms with Gasteiger partial charge in [-0.25, -0.2) is 9.59 Å². The minimum Gasteiger partial charge on any atom is -0.463 e. The van der Waals surface area contributed by atoms with Crippen LogP contribution in [0.4, 0.5) is 4.79 Å². The number of halogens is 2. The van der Waals surface area contributed by atoms with Gasteiger partial charge < -0.3 is 15.0 Å². The van der Waals surface area contributed by atoms with E-state index in [1.54, 1.807) is 32.2 Å². The van der Waals surface area contributed by atoms with Crippen LogP contribution in [0.2, 0.25) is 10.0 Å². The standard InChI is InChI=1S/C25H32Cl2N4O4/c1-3-35-24(33)20-19(15-30-11-13-31(14-12-30)23(32)16-7-4-5-8-16)29(2)25(34)28-22(20)17-9-6-10-18(26)21(17)27/h6,9-10,16,22H,3-5,7-8,11-15H2,1-2H3,(H,28,34). The number of hydrogen-bond donors (Lipinski definition) is 1. The molecule has 1 saturated carbocycles. The lowest BCUT2D eigenvalue weighted by Gasteiger charge is -2.40. The van der Waals surface area contributed by atoms with Crippen LogP contribution in [0, 0.1) is 5.92 Å². The first-order chi connectivity index (χ1) is 16.8. The maximum Gasteiger partial charge on any atom is 0.338 e. The Labute approximate surface area is 216 Å². The molecule has 8 nitrogen and oxygen atoms in total. The number of urea groups is 1. The minimum absolute atomic E-state index is 0.163. The summed E-state index contributed by atoms with van der Waals surface area (Å²) in [5.41, 5.74) is 1.43. The zero-order chi connectivity index (χ0) is 25.1. The molecular formula is C25H32Cl2N4O4. The van der Waals surface area contributed by atoms with Gasteiger partial charge in [-0.2, -0.15) is 0 Å². The predicted molar refractivity (Wildman–Crippen MR) is 134 cm³/mol. The molecule has 0 radical (unpaired) electrons. The highest BCUT2D eigenvalue weighted by atomic mass is 35.5. The molecule has 1 unspecified atom stereocenters. The van der Waals surface area contributed by atoms with E-state index in [2.05, 4.69) is 10.2 Å². The quantitative estimate of drug-likeness (QED) is 0.574. The number of carbonyl (C=O) groups is 3. The van der Waals surface area contributed by atoms with Crippen LogP contribution in [0.1, 0.15) is 44.2 Å². The molecule has 2 fully saturated rings. The van der Waals surface area contributed by atoms with Gasteiger partial charge in [-0.1, -0.05) is 48.2 Å². The summed E-state index contributed by atoms with van der Waals surface area (Å²) in [6.07, 6.45) is 4.24. The molecule has 1 aromatic rings. The van der Waals surface area contributed by atoms with E-state index in [1.807, 2.05) is 4.90 Å². The number of esters is 1. The number of ether oxygens (including phenoxy) is 1. The van der Waals surface area contributed by atoms with Gasteiger partial charge in [0.05, 0.1) is 28.3 Å². The summed E-state index contributed by atoms with van der Waals surface area (Å²) in [6, 6.07) is 4.00. The molecule has 0 aromatic heterocycles. The van der Waals surface area contributed by atoms with Crippen LogP contribution in [0.15, 0.2) is 29.5 Å². The van der Waals surface area contributed by atoms with Gasteiger partial charge in [-0.3, -0.25) is 14.6 Å². The second kappa shape index (κ2) is 11.2. The number of carbonyl (C=O) groups excluding carboxylic acids is 3. The van der Waals surface area contributed by atoms with Gasteiger partial charge in [0.1, 0.15) is 0 Å². The smallest absolute Gasteiger partial charge is 0.338 e. The van der Waals surface area contributed by atoms with Crippen LogP contribution in [0.5, 0.6) is 0 Å². The topological polar surface area (TPSA) is 82.2 Å². The van der Waals surface area contributed by atoms with Gasteiger partial charge in [-0.15, -0.1) is 0 Å². The Morgan fingerprint density at radius 1 is 1.11 bits per heavy atom. The number of likely N-dealkylation sites (N-methyl/N-ethyl adjacent to an activating group) is 1. The maximum absolute atomic E-state index is 13.2. The summed E-state index contributed by atoms with van der Waals surface area (Å²) >= 11 is 12.7. The van der Waals surface area contributed by atoms with Crippen molar-refractivity contribution >= 4 is 41.1 Å². The highest BCUT2D eigenvalue weighted by Crippen LogP contribution is 2.37. The number of rotatable bonds is 6. The summed E-state index contributed by atoms with van der Waals surface area (Å²) in [7, 11) is 1.64. The lowest BCUT2D eigenvalue weighted by atomic mass is 9.94. The average Bonchev–Trinajstić information content (AvgIpc) is 3.39. The third-order valence-corrected chi connectivity index (χ3v) is 7.96. The zero-order valence-corrected chi connectivity index (χ0v) is 21.7. The predicted octanol–water partition coefficient (Wildman–Crippen LogP) is 3.84. The molecule has 1 atom stereocenters.